The van der Waals surface area contributed by atoms with Gasteiger partial charge in [0.1, 0.15) is 12.3 Å². The molecule has 30 heavy (non-hydrogen) atoms. The van der Waals surface area contributed by atoms with Crippen molar-refractivity contribution >= 4 is 39.1 Å². The average molecular weight is 443 g/mol. The molecule has 1 amide bonds. The predicted molar refractivity (Wildman–Crippen MR) is 121 cm³/mol. The van der Waals surface area contributed by atoms with Crippen LogP contribution in [0.4, 0.5) is 11.4 Å². The van der Waals surface area contributed by atoms with Crippen LogP contribution in [0.15, 0.2) is 88.7 Å². The Morgan fingerprint density at radius 3 is 2.23 bits per heavy atom. The van der Waals surface area contributed by atoms with Crippen LogP contribution in [-0.4, -0.2) is 34.2 Å². The van der Waals surface area contributed by atoms with E-state index in [1.165, 1.54) is 31.0 Å². The van der Waals surface area contributed by atoms with Gasteiger partial charge in [0.25, 0.3) is 10.0 Å². The molecule has 6 nitrogen and oxygen atoms in total. The van der Waals surface area contributed by atoms with Crippen LogP contribution in [0.2, 0.25) is 0 Å². The van der Waals surface area contributed by atoms with Crippen molar-refractivity contribution in [1.82, 2.24) is 0 Å². The van der Waals surface area contributed by atoms with E-state index in [9.17, 15) is 13.2 Å². The van der Waals surface area contributed by atoms with Crippen LogP contribution < -0.4 is 14.4 Å². The van der Waals surface area contributed by atoms with Crippen LogP contribution in [0.25, 0.3) is 0 Å². The molecule has 0 aliphatic rings. The normalized spacial score (nSPS) is 11.0. The van der Waals surface area contributed by atoms with Gasteiger partial charge < -0.3 is 10.1 Å². The van der Waals surface area contributed by atoms with Crippen LogP contribution in [0.3, 0.4) is 0 Å². The predicted octanol–water partition coefficient (Wildman–Crippen LogP) is 4.25. The topological polar surface area (TPSA) is 75.7 Å². The number of amides is 1. The van der Waals surface area contributed by atoms with Gasteiger partial charge in [-0.05, 0) is 54.8 Å². The SMILES string of the molecule is COc1ccc(N(CC(=O)Nc2ccccc2SC)S(=O)(=O)c2ccccc2)cc1. The van der Waals surface area contributed by atoms with Gasteiger partial charge in [0.05, 0.1) is 23.4 Å². The van der Waals surface area contributed by atoms with E-state index in [-0.39, 0.29) is 11.4 Å². The second-order valence-corrected chi connectivity index (χ2v) is 8.98. The number of ether oxygens (including phenoxy) is 1. The smallest absolute Gasteiger partial charge is 0.264 e. The Hall–Kier alpha value is -2.97. The number of hydrogen-bond donors (Lipinski definition) is 1. The van der Waals surface area contributed by atoms with Crippen LogP contribution in [0.1, 0.15) is 0 Å². The number of nitrogens with one attached hydrogen (secondary N) is 1. The lowest BCUT2D eigenvalue weighted by atomic mass is 10.3. The van der Waals surface area contributed by atoms with Gasteiger partial charge in [0.2, 0.25) is 5.91 Å². The third kappa shape index (κ3) is 4.95. The number of methoxy groups -OCH3 is 1. The Balaban J connectivity index is 1.94. The van der Waals surface area contributed by atoms with Gasteiger partial charge >= 0.3 is 0 Å². The van der Waals surface area contributed by atoms with Crippen LogP contribution in [0.5, 0.6) is 5.75 Å². The Bertz CT molecular complexity index is 1100. The van der Waals surface area contributed by atoms with Crippen LogP contribution in [-0.2, 0) is 14.8 Å². The molecule has 0 bridgehead atoms. The van der Waals surface area contributed by atoms with E-state index in [1.54, 1.807) is 48.5 Å². The standard InChI is InChI=1S/C22H22N2O4S2/c1-28-18-14-12-17(13-15-18)24(30(26,27)19-8-4-3-5-9-19)16-22(25)23-20-10-6-7-11-21(20)29-2/h3-15H,16H2,1-2H3,(H,23,25). The molecule has 3 rings (SSSR count). The lowest BCUT2D eigenvalue weighted by Gasteiger charge is -2.24. The molecule has 3 aromatic carbocycles. The molecular formula is C22H22N2O4S2. The number of rotatable bonds is 8. The van der Waals surface area contributed by atoms with Gasteiger partial charge in [-0.1, -0.05) is 30.3 Å². The molecule has 0 heterocycles. The zero-order valence-corrected chi connectivity index (χ0v) is 18.2. The quantitative estimate of drug-likeness (QED) is 0.528. The van der Waals surface area contributed by atoms with Gasteiger partial charge in [0.15, 0.2) is 0 Å². The largest absolute Gasteiger partial charge is 0.497 e. The second kappa shape index (κ2) is 9.69. The fraction of sp³-hybridized carbons (Fsp3) is 0.136. The number of sulfonamides is 1. The van der Waals surface area contributed by atoms with E-state index in [1.807, 2.05) is 24.5 Å². The number of carbonyl (C=O) groups is 1. The van der Waals surface area contributed by atoms with Gasteiger partial charge in [-0.15, -0.1) is 11.8 Å². The van der Waals surface area contributed by atoms with Crippen molar-refractivity contribution in [2.24, 2.45) is 0 Å². The van der Waals surface area contributed by atoms with E-state index in [4.69, 9.17) is 4.74 Å². The zero-order chi connectivity index (χ0) is 21.6. The summed E-state index contributed by atoms with van der Waals surface area (Å²) in [5.74, 6) is 0.154. The van der Waals surface area contributed by atoms with Crippen molar-refractivity contribution < 1.29 is 17.9 Å². The van der Waals surface area contributed by atoms with Gasteiger partial charge in [-0.2, -0.15) is 0 Å². The fourth-order valence-electron chi connectivity index (χ4n) is 2.85. The monoisotopic (exact) mass is 442 g/mol. The highest BCUT2D eigenvalue weighted by Gasteiger charge is 2.27. The Kier molecular flexibility index (Phi) is 7.02. The summed E-state index contributed by atoms with van der Waals surface area (Å²) in [6.07, 6.45) is 1.91. The van der Waals surface area contributed by atoms with Crippen molar-refractivity contribution in [1.29, 1.82) is 0 Å². The minimum atomic E-state index is -3.95. The molecule has 0 spiro atoms. The van der Waals surface area contributed by atoms with Crippen molar-refractivity contribution in [2.45, 2.75) is 9.79 Å². The lowest BCUT2D eigenvalue weighted by Crippen LogP contribution is -2.38. The lowest BCUT2D eigenvalue weighted by molar-refractivity contribution is -0.114. The minimum absolute atomic E-state index is 0.109. The molecule has 0 fully saturated rings. The van der Waals surface area contributed by atoms with Crippen LogP contribution >= 0.6 is 11.8 Å². The highest BCUT2D eigenvalue weighted by molar-refractivity contribution is 7.98. The highest BCUT2D eigenvalue weighted by Crippen LogP contribution is 2.27. The summed E-state index contributed by atoms with van der Waals surface area (Å²) in [6, 6.07) is 22.0. The maximum absolute atomic E-state index is 13.3. The molecule has 0 atom stereocenters. The van der Waals surface area contributed by atoms with Crippen molar-refractivity contribution in [3.05, 3.63) is 78.9 Å². The second-order valence-electron chi connectivity index (χ2n) is 6.27. The van der Waals surface area contributed by atoms with Gasteiger partial charge in [0, 0.05) is 4.90 Å². The number of thioether (sulfide) groups is 1. The van der Waals surface area contributed by atoms with Crippen molar-refractivity contribution in [3.8, 4) is 5.75 Å². The molecule has 1 N–H and O–H groups in total. The molecular weight excluding hydrogens is 420 g/mol. The number of para-hydroxylation sites is 1. The first-order chi connectivity index (χ1) is 14.5. The molecule has 156 valence electrons. The van der Waals surface area contributed by atoms with Gasteiger partial charge in [-0.25, -0.2) is 8.42 Å². The molecule has 3 aromatic rings. The molecule has 0 aromatic heterocycles. The highest BCUT2D eigenvalue weighted by atomic mass is 32.2. The number of nitrogens with zero attached hydrogens (tertiary/aromatic N) is 1. The number of anilines is 2. The molecule has 0 aliphatic carbocycles. The maximum atomic E-state index is 13.3. The van der Waals surface area contributed by atoms with E-state index >= 15 is 0 Å². The molecule has 0 radical (unpaired) electrons. The van der Waals surface area contributed by atoms with E-state index in [0.717, 1.165) is 9.20 Å². The Morgan fingerprint density at radius 2 is 1.60 bits per heavy atom. The van der Waals surface area contributed by atoms with Crippen LogP contribution in [0, 0.1) is 0 Å². The summed E-state index contributed by atoms with van der Waals surface area (Å²) in [6.45, 7) is -0.369. The summed E-state index contributed by atoms with van der Waals surface area (Å²) < 4.78 is 32.9. The number of benzene rings is 3. The first-order valence-electron chi connectivity index (χ1n) is 9.10. The third-order valence-electron chi connectivity index (χ3n) is 4.36. The first-order valence-corrected chi connectivity index (χ1v) is 11.8. The van der Waals surface area contributed by atoms with Crippen molar-refractivity contribution in [2.75, 3.05) is 29.5 Å². The summed E-state index contributed by atoms with van der Waals surface area (Å²) in [5, 5.41) is 2.82. The number of hydrogen-bond acceptors (Lipinski definition) is 5. The first kappa shape index (κ1) is 21.7. The number of carbonyl (C=O) groups excluding carboxylic acids is 1. The van der Waals surface area contributed by atoms with E-state index < -0.39 is 15.9 Å². The van der Waals surface area contributed by atoms with E-state index in [0.29, 0.717) is 17.1 Å². The Labute approximate surface area is 180 Å². The van der Waals surface area contributed by atoms with Gasteiger partial charge in [-0.3, -0.25) is 9.10 Å². The summed E-state index contributed by atoms with van der Waals surface area (Å²) in [7, 11) is -2.42. The average Bonchev–Trinajstić information content (AvgIpc) is 2.78. The molecule has 0 aliphatic heterocycles. The van der Waals surface area contributed by atoms with E-state index in [2.05, 4.69) is 5.32 Å². The minimum Gasteiger partial charge on any atom is -0.497 e. The molecule has 0 saturated carbocycles. The van der Waals surface area contributed by atoms with Crippen molar-refractivity contribution in [3.63, 3.8) is 0 Å². The fourth-order valence-corrected chi connectivity index (χ4v) is 4.85. The Morgan fingerprint density at radius 1 is 0.967 bits per heavy atom. The third-order valence-corrected chi connectivity index (χ3v) is 6.94. The summed E-state index contributed by atoms with van der Waals surface area (Å²) >= 11 is 1.50. The maximum Gasteiger partial charge on any atom is 0.264 e. The summed E-state index contributed by atoms with van der Waals surface area (Å²) in [4.78, 5) is 13.8. The summed E-state index contributed by atoms with van der Waals surface area (Å²) in [5.41, 5.74) is 1.01. The zero-order valence-electron chi connectivity index (χ0n) is 16.6. The molecule has 0 unspecified atom stereocenters. The molecule has 0 saturated heterocycles. The molecule has 8 heteroatoms.